The van der Waals surface area contributed by atoms with E-state index >= 15 is 0 Å². The van der Waals surface area contributed by atoms with E-state index in [0.717, 1.165) is 0 Å². The molecule has 1 aliphatic heterocycles. The first kappa shape index (κ1) is 15.3. The van der Waals surface area contributed by atoms with E-state index in [1.54, 1.807) is 37.3 Å². The molecule has 0 radical (unpaired) electrons. The number of amides is 2. The second-order valence-corrected chi connectivity index (χ2v) is 4.86. The minimum atomic E-state index is -4.54. The Balaban J connectivity index is 2.32. The summed E-state index contributed by atoms with van der Waals surface area (Å²) in [5, 5.41) is 2.50. The Morgan fingerprint density at radius 2 is 1.81 bits per heavy atom. The summed E-state index contributed by atoms with van der Waals surface area (Å²) in [5.41, 5.74) is 0.470. The average molecular weight is 300 g/mol. The molecule has 7 heteroatoms. The number of rotatable bonds is 3. The molecule has 0 saturated carbocycles. The van der Waals surface area contributed by atoms with Gasteiger partial charge >= 0.3 is 6.18 Å². The number of alkyl halides is 3. The lowest BCUT2D eigenvalue weighted by Gasteiger charge is -2.39. The number of benzene rings is 1. The standard InChI is InChI=1S/C14H15F3N2O2/c1-2-10-12(20)18-11(9-6-4-3-5-7-9)13(21)19(10)8-14(15,16)17/h3-7,10-11H,2,8H2,1H3,(H,18,20). The molecule has 1 N–H and O–H groups in total. The fraction of sp³-hybridized carbons (Fsp3) is 0.429. The monoisotopic (exact) mass is 300 g/mol. The molecule has 1 heterocycles. The maximum absolute atomic E-state index is 12.7. The molecular weight excluding hydrogens is 285 g/mol. The molecule has 1 aliphatic rings. The zero-order valence-corrected chi connectivity index (χ0v) is 11.4. The summed E-state index contributed by atoms with van der Waals surface area (Å²) in [6.07, 6.45) is -4.41. The van der Waals surface area contributed by atoms with Gasteiger partial charge in [0, 0.05) is 0 Å². The summed E-state index contributed by atoms with van der Waals surface area (Å²) in [4.78, 5) is 24.9. The SMILES string of the molecule is CCC1C(=O)NC(c2ccccc2)C(=O)N1CC(F)(F)F. The van der Waals surface area contributed by atoms with Crippen molar-refractivity contribution in [2.75, 3.05) is 6.54 Å². The summed E-state index contributed by atoms with van der Waals surface area (Å²) < 4.78 is 38.0. The summed E-state index contributed by atoms with van der Waals surface area (Å²) >= 11 is 0. The molecule has 2 amide bonds. The van der Waals surface area contributed by atoms with E-state index in [-0.39, 0.29) is 6.42 Å². The molecule has 0 bridgehead atoms. The van der Waals surface area contributed by atoms with E-state index in [2.05, 4.69) is 5.32 Å². The van der Waals surface area contributed by atoms with Gasteiger partial charge in [-0.25, -0.2) is 0 Å². The van der Waals surface area contributed by atoms with Crippen molar-refractivity contribution in [3.63, 3.8) is 0 Å². The minimum absolute atomic E-state index is 0.134. The Morgan fingerprint density at radius 3 is 2.33 bits per heavy atom. The number of piperazine rings is 1. The number of halogens is 3. The highest BCUT2D eigenvalue weighted by atomic mass is 19.4. The normalized spacial score (nSPS) is 23.1. The minimum Gasteiger partial charge on any atom is -0.339 e. The molecule has 1 saturated heterocycles. The number of carbonyl (C=O) groups is 2. The Kier molecular flexibility index (Phi) is 4.20. The molecule has 2 unspecified atom stereocenters. The van der Waals surface area contributed by atoms with Crippen molar-refractivity contribution in [3.05, 3.63) is 35.9 Å². The largest absolute Gasteiger partial charge is 0.406 e. The Labute approximate surface area is 119 Å². The van der Waals surface area contributed by atoms with E-state index < -0.39 is 36.6 Å². The van der Waals surface area contributed by atoms with E-state index in [1.807, 2.05) is 0 Å². The third kappa shape index (κ3) is 3.34. The highest BCUT2D eigenvalue weighted by Gasteiger charge is 2.45. The number of nitrogens with one attached hydrogen (secondary N) is 1. The van der Waals surface area contributed by atoms with E-state index in [9.17, 15) is 22.8 Å². The summed E-state index contributed by atoms with van der Waals surface area (Å²) in [7, 11) is 0. The Hall–Kier alpha value is -2.05. The van der Waals surface area contributed by atoms with Gasteiger partial charge in [0.25, 0.3) is 5.91 Å². The topological polar surface area (TPSA) is 49.4 Å². The summed E-state index contributed by atoms with van der Waals surface area (Å²) in [6, 6.07) is 6.09. The van der Waals surface area contributed by atoms with Crippen molar-refractivity contribution in [2.24, 2.45) is 0 Å². The van der Waals surface area contributed by atoms with Crippen molar-refractivity contribution < 1.29 is 22.8 Å². The fourth-order valence-electron chi connectivity index (χ4n) is 2.42. The first-order valence-corrected chi connectivity index (χ1v) is 6.56. The highest BCUT2D eigenvalue weighted by molar-refractivity contribution is 5.97. The van der Waals surface area contributed by atoms with Crippen LogP contribution < -0.4 is 5.32 Å². The first-order chi connectivity index (χ1) is 9.83. The van der Waals surface area contributed by atoms with Gasteiger partial charge in [-0.2, -0.15) is 13.2 Å². The van der Waals surface area contributed by atoms with Gasteiger partial charge in [0.05, 0.1) is 0 Å². The van der Waals surface area contributed by atoms with Gasteiger partial charge in [-0.15, -0.1) is 0 Å². The van der Waals surface area contributed by atoms with Crippen LogP contribution in [0.15, 0.2) is 30.3 Å². The van der Waals surface area contributed by atoms with Crippen LogP contribution in [-0.2, 0) is 9.59 Å². The molecule has 1 aromatic carbocycles. The molecule has 2 atom stereocenters. The van der Waals surface area contributed by atoms with Crippen LogP contribution in [0.1, 0.15) is 24.9 Å². The second kappa shape index (κ2) is 5.75. The molecular formula is C14H15F3N2O2. The predicted molar refractivity (Wildman–Crippen MR) is 69.2 cm³/mol. The number of carbonyl (C=O) groups excluding carboxylic acids is 2. The van der Waals surface area contributed by atoms with Crippen molar-refractivity contribution in [1.82, 2.24) is 10.2 Å². The molecule has 114 valence electrons. The lowest BCUT2D eigenvalue weighted by Crippen LogP contribution is -2.61. The van der Waals surface area contributed by atoms with Crippen LogP contribution >= 0.6 is 0 Å². The third-order valence-electron chi connectivity index (χ3n) is 3.36. The molecule has 1 fully saturated rings. The van der Waals surface area contributed by atoms with Crippen LogP contribution in [0.5, 0.6) is 0 Å². The van der Waals surface area contributed by atoms with Gasteiger partial charge in [-0.3, -0.25) is 9.59 Å². The molecule has 0 spiro atoms. The third-order valence-corrected chi connectivity index (χ3v) is 3.36. The highest BCUT2D eigenvalue weighted by Crippen LogP contribution is 2.27. The first-order valence-electron chi connectivity index (χ1n) is 6.56. The van der Waals surface area contributed by atoms with Crippen molar-refractivity contribution in [2.45, 2.75) is 31.6 Å². The Bertz CT molecular complexity index is 531. The van der Waals surface area contributed by atoms with Crippen LogP contribution in [0, 0.1) is 0 Å². The van der Waals surface area contributed by atoms with E-state index in [1.165, 1.54) is 0 Å². The maximum Gasteiger partial charge on any atom is 0.406 e. The fourth-order valence-corrected chi connectivity index (χ4v) is 2.42. The van der Waals surface area contributed by atoms with Gasteiger partial charge in [0.15, 0.2) is 0 Å². The number of hydrogen-bond donors (Lipinski definition) is 1. The van der Waals surface area contributed by atoms with E-state index in [0.29, 0.717) is 10.5 Å². The zero-order valence-electron chi connectivity index (χ0n) is 11.4. The molecule has 2 rings (SSSR count). The van der Waals surface area contributed by atoms with Crippen LogP contribution in [-0.4, -0.2) is 35.5 Å². The zero-order chi connectivity index (χ0) is 15.6. The Morgan fingerprint density at radius 1 is 1.19 bits per heavy atom. The van der Waals surface area contributed by atoms with Gasteiger partial charge in [-0.1, -0.05) is 37.3 Å². The van der Waals surface area contributed by atoms with Crippen LogP contribution in [0.4, 0.5) is 13.2 Å². The molecule has 1 aromatic rings. The second-order valence-electron chi connectivity index (χ2n) is 4.86. The smallest absolute Gasteiger partial charge is 0.339 e. The summed E-state index contributed by atoms with van der Waals surface area (Å²) in [5.74, 6) is -1.29. The predicted octanol–water partition coefficient (Wildman–Crippen LogP) is 2.03. The van der Waals surface area contributed by atoms with Gasteiger partial charge in [0.1, 0.15) is 18.6 Å². The van der Waals surface area contributed by atoms with Crippen molar-refractivity contribution in [1.29, 1.82) is 0 Å². The lowest BCUT2D eigenvalue weighted by atomic mass is 9.99. The van der Waals surface area contributed by atoms with Gasteiger partial charge in [0.2, 0.25) is 5.91 Å². The van der Waals surface area contributed by atoms with Crippen LogP contribution in [0.3, 0.4) is 0 Å². The lowest BCUT2D eigenvalue weighted by molar-refractivity contribution is -0.174. The maximum atomic E-state index is 12.7. The number of hydrogen-bond acceptors (Lipinski definition) is 2. The van der Waals surface area contributed by atoms with E-state index in [4.69, 9.17) is 0 Å². The summed E-state index contributed by atoms with van der Waals surface area (Å²) in [6.45, 7) is 0.158. The van der Waals surface area contributed by atoms with Gasteiger partial charge < -0.3 is 10.2 Å². The quantitative estimate of drug-likeness (QED) is 0.928. The molecule has 4 nitrogen and oxygen atoms in total. The van der Waals surface area contributed by atoms with Crippen molar-refractivity contribution in [3.8, 4) is 0 Å². The van der Waals surface area contributed by atoms with Gasteiger partial charge in [-0.05, 0) is 12.0 Å². The van der Waals surface area contributed by atoms with Crippen LogP contribution in [0.25, 0.3) is 0 Å². The molecule has 21 heavy (non-hydrogen) atoms. The number of nitrogens with zero attached hydrogens (tertiary/aromatic N) is 1. The average Bonchev–Trinajstić information content (AvgIpc) is 2.42. The molecule has 0 aromatic heterocycles. The molecule has 0 aliphatic carbocycles. The van der Waals surface area contributed by atoms with Crippen molar-refractivity contribution >= 4 is 11.8 Å². The van der Waals surface area contributed by atoms with Crippen LogP contribution in [0.2, 0.25) is 0 Å².